The van der Waals surface area contributed by atoms with E-state index in [1.807, 2.05) is 44.2 Å². The van der Waals surface area contributed by atoms with Crippen molar-refractivity contribution in [3.63, 3.8) is 0 Å². The van der Waals surface area contributed by atoms with Crippen LogP contribution in [0.5, 0.6) is 0 Å². The van der Waals surface area contributed by atoms with Gasteiger partial charge in [-0.2, -0.15) is 5.10 Å². The molecule has 3 aromatic rings. The second-order valence-electron chi connectivity index (χ2n) is 6.88. The molecule has 3 heterocycles. The number of benzene rings is 1. The summed E-state index contributed by atoms with van der Waals surface area (Å²) >= 11 is 6.26. The lowest BCUT2D eigenvalue weighted by Crippen LogP contribution is -2.46. The van der Waals surface area contributed by atoms with E-state index in [4.69, 9.17) is 16.3 Å². The molecule has 1 saturated heterocycles. The van der Waals surface area contributed by atoms with Crippen LogP contribution in [0.1, 0.15) is 27.4 Å². The van der Waals surface area contributed by atoms with Gasteiger partial charge in [0.05, 0.1) is 12.7 Å². The van der Waals surface area contributed by atoms with E-state index in [1.165, 1.54) is 0 Å². The van der Waals surface area contributed by atoms with E-state index in [2.05, 4.69) is 10.1 Å². The summed E-state index contributed by atoms with van der Waals surface area (Å²) in [6.07, 6.45) is 0.593. The fraction of sp³-hybridized carbons (Fsp3) is 0.350. The summed E-state index contributed by atoms with van der Waals surface area (Å²) in [7, 11) is 0. The molecule has 140 valence electrons. The second-order valence-corrected chi connectivity index (χ2v) is 7.29. The van der Waals surface area contributed by atoms with Gasteiger partial charge < -0.3 is 9.64 Å². The fourth-order valence-electron chi connectivity index (χ4n) is 3.49. The summed E-state index contributed by atoms with van der Waals surface area (Å²) < 4.78 is 7.57. The normalized spacial score (nSPS) is 17.4. The van der Waals surface area contributed by atoms with Crippen LogP contribution >= 0.6 is 11.6 Å². The van der Waals surface area contributed by atoms with Gasteiger partial charge in [0, 0.05) is 42.0 Å². The highest BCUT2D eigenvalue weighted by molar-refractivity contribution is 6.31. The van der Waals surface area contributed by atoms with Gasteiger partial charge in [-0.3, -0.25) is 4.79 Å². The number of amides is 1. The number of halogens is 1. The first kappa shape index (κ1) is 17.9. The molecule has 0 N–H and O–H groups in total. The molecule has 7 heteroatoms. The molecule has 0 spiro atoms. The predicted octanol–water partition coefficient (Wildman–Crippen LogP) is 3.08. The van der Waals surface area contributed by atoms with E-state index in [-0.39, 0.29) is 12.0 Å². The molecule has 1 atom stereocenters. The maximum absolute atomic E-state index is 13.0. The highest BCUT2D eigenvalue weighted by Crippen LogP contribution is 2.20. The highest BCUT2D eigenvalue weighted by Gasteiger charge is 2.27. The zero-order valence-electron chi connectivity index (χ0n) is 15.4. The first-order valence-electron chi connectivity index (χ1n) is 8.99. The molecule has 2 aromatic heterocycles. The minimum atomic E-state index is -0.0926. The molecule has 4 rings (SSSR count). The molecule has 1 aromatic carbocycles. The molecule has 1 aliphatic rings. The number of hydrogen-bond acceptors (Lipinski definition) is 4. The number of carbonyl (C=O) groups is 1. The maximum atomic E-state index is 13.0. The molecule has 27 heavy (non-hydrogen) atoms. The number of aryl methyl sites for hydroxylation is 2. The van der Waals surface area contributed by atoms with Crippen LogP contribution in [0.3, 0.4) is 0 Å². The van der Waals surface area contributed by atoms with Gasteiger partial charge >= 0.3 is 0 Å². The van der Waals surface area contributed by atoms with Crippen LogP contribution < -0.4 is 0 Å². The summed E-state index contributed by atoms with van der Waals surface area (Å²) in [4.78, 5) is 19.2. The molecule has 1 amide bonds. The average Bonchev–Trinajstić information content (AvgIpc) is 3.07. The smallest absolute Gasteiger partial charge is 0.274 e. The Hall–Kier alpha value is -2.44. The van der Waals surface area contributed by atoms with Gasteiger partial charge in [0.15, 0.2) is 11.3 Å². The highest BCUT2D eigenvalue weighted by atomic mass is 35.5. The number of fused-ring (bicyclic) bond motifs is 1. The first-order valence-corrected chi connectivity index (χ1v) is 9.37. The van der Waals surface area contributed by atoms with Crippen molar-refractivity contribution in [1.82, 2.24) is 19.5 Å². The van der Waals surface area contributed by atoms with Crippen LogP contribution in [-0.2, 0) is 11.2 Å². The van der Waals surface area contributed by atoms with Gasteiger partial charge in [-0.15, -0.1) is 0 Å². The van der Waals surface area contributed by atoms with Crippen molar-refractivity contribution in [3.8, 4) is 0 Å². The van der Waals surface area contributed by atoms with Crippen molar-refractivity contribution in [3.05, 3.63) is 64.1 Å². The van der Waals surface area contributed by atoms with Crippen molar-refractivity contribution in [2.75, 3.05) is 19.7 Å². The number of nitrogens with zero attached hydrogens (tertiary/aromatic N) is 4. The lowest BCUT2D eigenvalue weighted by atomic mass is 10.1. The molecule has 1 unspecified atom stereocenters. The van der Waals surface area contributed by atoms with E-state index in [1.54, 1.807) is 15.5 Å². The average molecular weight is 385 g/mol. The standard InChI is InChI=1S/C20H21ClN4O2/c1-13-9-14(2)25-19(22-13)11-18(23-25)20(26)24-7-8-27-16(12-24)10-15-5-3-4-6-17(15)21/h3-6,9,11,16H,7-8,10,12H2,1-2H3. The van der Waals surface area contributed by atoms with E-state index < -0.39 is 0 Å². The third-order valence-electron chi connectivity index (χ3n) is 4.78. The Labute approximate surface area is 162 Å². The lowest BCUT2D eigenvalue weighted by Gasteiger charge is -2.32. The van der Waals surface area contributed by atoms with Crippen molar-refractivity contribution >= 4 is 23.2 Å². The quantitative estimate of drug-likeness (QED) is 0.696. The summed E-state index contributed by atoms with van der Waals surface area (Å²) in [6.45, 7) is 5.46. The minimum absolute atomic E-state index is 0.0817. The fourth-order valence-corrected chi connectivity index (χ4v) is 3.70. The SMILES string of the molecule is Cc1cc(C)n2nc(C(=O)N3CCOC(Cc4ccccc4Cl)C3)cc2n1. The van der Waals surface area contributed by atoms with Crippen LogP contribution in [0, 0.1) is 13.8 Å². The Bertz CT molecular complexity index is 1000. The van der Waals surface area contributed by atoms with Crippen LogP contribution in [-0.4, -0.2) is 51.2 Å². The Morgan fingerprint density at radius 1 is 1.30 bits per heavy atom. The predicted molar refractivity (Wildman–Crippen MR) is 103 cm³/mol. The van der Waals surface area contributed by atoms with Crippen LogP contribution in [0.15, 0.2) is 36.4 Å². The monoisotopic (exact) mass is 384 g/mol. The van der Waals surface area contributed by atoms with Gasteiger partial charge in [0.25, 0.3) is 5.91 Å². The summed E-state index contributed by atoms with van der Waals surface area (Å²) in [5.74, 6) is -0.0926. The summed E-state index contributed by atoms with van der Waals surface area (Å²) in [5, 5.41) is 5.18. The van der Waals surface area contributed by atoms with E-state index in [0.717, 1.165) is 22.0 Å². The number of morpholine rings is 1. The zero-order valence-corrected chi connectivity index (χ0v) is 16.1. The van der Waals surface area contributed by atoms with Crippen LogP contribution in [0.2, 0.25) is 5.02 Å². The van der Waals surface area contributed by atoms with Gasteiger partial charge in [-0.1, -0.05) is 29.8 Å². The molecule has 0 radical (unpaired) electrons. The number of aromatic nitrogens is 3. The summed E-state index contributed by atoms with van der Waals surface area (Å²) in [5.41, 5.74) is 3.99. The van der Waals surface area contributed by atoms with Crippen LogP contribution in [0.4, 0.5) is 0 Å². The van der Waals surface area contributed by atoms with Crippen molar-refractivity contribution in [2.45, 2.75) is 26.4 Å². The number of carbonyl (C=O) groups excluding carboxylic acids is 1. The van der Waals surface area contributed by atoms with Gasteiger partial charge in [-0.25, -0.2) is 9.50 Å². The molecule has 1 aliphatic heterocycles. The van der Waals surface area contributed by atoms with Gasteiger partial charge in [-0.05, 0) is 31.5 Å². The largest absolute Gasteiger partial charge is 0.374 e. The Morgan fingerprint density at radius 2 is 2.11 bits per heavy atom. The number of rotatable bonds is 3. The van der Waals surface area contributed by atoms with Crippen molar-refractivity contribution < 1.29 is 9.53 Å². The summed E-state index contributed by atoms with van der Waals surface area (Å²) in [6, 6.07) is 11.4. The number of hydrogen-bond donors (Lipinski definition) is 0. The lowest BCUT2D eigenvalue weighted by molar-refractivity contribution is -0.0210. The second kappa shape index (κ2) is 7.29. The third-order valence-corrected chi connectivity index (χ3v) is 5.15. The molecule has 0 saturated carbocycles. The van der Waals surface area contributed by atoms with Crippen molar-refractivity contribution in [1.29, 1.82) is 0 Å². The van der Waals surface area contributed by atoms with E-state index in [0.29, 0.717) is 37.5 Å². The molecule has 0 aliphatic carbocycles. The minimum Gasteiger partial charge on any atom is -0.374 e. The van der Waals surface area contributed by atoms with E-state index in [9.17, 15) is 4.79 Å². The van der Waals surface area contributed by atoms with Gasteiger partial charge in [0.1, 0.15) is 0 Å². The zero-order chi connectivity index (χ0) is 19.0. The number of ether oxygens (including phenoxy) is 1. The Balaban J connectivity index is 1.52. The Kier molecular flexibility index (Phi) is 4.85. The van der Waals surface area contributed by atoms with Crippen molar-refractivity contribution in [2.24, 2.45) is 0 Å². The molecule has 0 bridgehead atoms. The Morgan fingerprint density at radius 3 is 2.93 bits per heavy atom. The topological polar surface area (TPSA) is 59.7 Å². The van der Waals surface area contributed by atoms with Crippen LogP contribution in [0.25, 0.3) is 5.65 Å². The van der Waals surface area contributed by atoms with E-state index >= 15 is 0 Å². The molecular formula is C20H21ClN4O2. The maximum Gasteiger partial charge on any atom is 0.274 e. The third kappa shape index (κ3) is 3.68. The molecule has 6 nitrogen and oxygen atoms in total. The first-order chi connectivity index (χ1) is 13.0. The van der Waals surface area contributed by atoms with Gasteiger partial charge in [0.2, 0.25) is 0 Å². The molecular weight excluding hydrogens is 364 g/mol. The molecule has 1 fully saturated rings.